The summed E-state index contributed by atoms with van der Waals surface area (Å²) in [5.74, 6) is -13.2. The Morgan fingerprint density at radius 1 is 0.773 bits per heavy atom. The summed E-state index contributed by atoms with van der Waals surface area (Å²) in [6.45, 7) is 0. The molecule has 6 atom stereocenters. The SMILES string of the molecule is COC(=O)C1=C(O)C(C(=O)OC)[C@@]2(O)[C@@H](C(=O)OC)[C@@H](c3ccc(OC(=O)/C=C/c4ccccc4)cc3)C[C@@H]1[C@@H]2C(=O)OC. The molecule has 4 rings (SSSR count). The number of fused-ring (bicyclic) bond motifs is 2. The van der Waals surface area contributed by atoms with Crippen LogP contribution in [-0.4, -0.2) is 74.1 Å². The first kappa shape index (κ1) is 32.0. The predicted octanol–water partition coefficient (Wildman–Crippen LogP) is 2.51. The molecule has 0 saturated heterocycles. The van der Waals surface area contributed by atoms with Crippen molar-refractivity contribution in [3.05, 3.63) is 83.1 Å². The molecule has 1 fully saturated rings. The van der Waals surface area contributed by atoms with Gasteiger partial charge in [0.25, 0.3) is 0 Å². The molecule has 0 aliphatic heterocycles. The van der Waals surface area contributed by atoms with Gasteiger partial charge in [-0.1, -0.05) is 42.5 Å². The largest absolute Gasteiger partial charge is 0.511 e. The summed E-state index contributed by atoms with van der Waals surface area (Å²) in [6.07, 6.45) is 2.71. The Hall–Kier alpha value is -4.97. The highest BCUT2D eigenvalue weighted by atomic mass is 16.5. The first-order chi connectivity index (χ1) is 21.0. The average molecular weight is 609 g/mol. The Morgan fingerprint density at radius 2 is 1.34 bits per heavy atom. The van der Waals surface area contributed by atoms with E-state index in [4.69, 9.17) is 23.7 Å². The third kappa shape index (κ3) is 5.68. The number of rotatable bonds is 8. The van der Waals surface area contributed by atoms with Crippen LogP contribution in [0.4, 0.5) is 0 Å². The first-order valence-corrected chi connectivity index (χ1v) is 13.5. The molecule has 0 spiro atoms. The number of hydrogen-bond acceptors (Lipinski definition) is 12. The fourth-order valence-corrected chi connectivity index (χ4v) is 6.33. The molecule has 2 N–H and O–H groups in total. The van der Waals surface area contributed by atoms with Crippen molar-refractivity contribution in [2.24, 2.45) is 23.7 Å². The molecule has 2 aromatic carbocycles. The maximum absolute atomic E-state index is 13.4. The van der Waals surface area contributed by atoms with E-state index in [1.54, 1.807) is 6.08 Å². The second-order valence-corrected chi connectivity index (χ2v) is 10.3. The van der Waals surface area contributed by atoms with Crippen LogP contribution in [0.25, 0.3) is 6.08 Å². The van der Waals surface area contributed by atoms with Crippen LogP contribution in [0.2, 0.25) is 0 Å². The third-order valence-corrected chi connectivity index (χ3v) is 8.18. The van der Waals surface area contributed by atoms with E-state index in [9.17, 15) is 34.2 Å². The first-order valence-electron chi connectivity index (χ1n) is 13.5. The van der Waals surface area contributed by atoms with Crippen molar-refractivity contribution in [3.8, 4) is 5.75 Å². The Kier molecular flexibility index (Phi) is 9.53. The predicted molar refractivity (Wildman–Crippen MR) is 152 cm³/mol. The summed E-state index contributed by atoms with van der Waals surface area (Å²) < 4.78 is 25.0. The van der Waals surface area contributed by atoms with E-state index in [0.29, 0.717) is 5.56 Å². The second-order valence-electron chi connectivity index (χ2n) is 10.3. The zero-order chi connectivity index (χ0) is 32.2. The van der Waals surface area contributed by atoms with Gasteiger partial charge in [-0.15, -0.1) is 0 Å². The number of benzene rings is 2. The number of carbonyl (C=O) groups excluding carboxylic acids is 5. The monoisotopic (exact) mass is 608 g/mol. The Balaban J connectivity index is 1.78. The lowest BCUT2D eigenvalue weighted by atomic mass is 9.49. The number of esters is 5. The number of carbonyl (C=O) groups is 5. The van der Waals surface area contributed by atoms with E-state index in [1.807, 2.05) is 30.3 Å². The van der Waals surface area contributed by atoms with E-state index in [0.717, 1.165) is 34.0 Å². The number of aliphatic hydroxyl groups is 2. The van der Waals surface area contributed by atoms with Crippen LogP contribution in [0, 0.1) is 23.7 Å². The molecule has 232 valence electrons. The highest BCUT2D eigenvalue weighted by Crippen LogP contribution is 2.60. The van der Waals surface area contributed by atoms with E-state index >= 15 is 0 Å². The fraction of sp³-hybridized carbons (Fsp3) is 0.344. The normalized spacial score (nSPS) is 26.0. The molecule has 0 amide bonds. The van der Waals surface area contributed by atoms with Gasteiger partial charge in [0.15, 0.2) is 0 Å². The fourth-order valence-electron chi connectivity index (χ4n) is 6.33. The maximum atomic E-state index is 13.4. The van der Waals surface area contributed by atoms with Crippen LogP contribution >= 0.6 is 0 Å². The highest BCUT2D eigenvalue weighted by Gasteiger charge is 2.71. The van der Waals surface area contributed by atoms with Gasteiger partial charge in [0.2, 0.25) is 0 Å². The average Bonchev–Trinajstić information content (AvgIpc) is 3.03. The van der Waals surface area contributed by atoms with E-state index in [-0.39, 0.29) is 12.2 Å². The van der Waals surface area contributed by atoms with Gasteiger partial charge in [0.05, 0.1) is 45.8 Å². The van der Waals surface area contributed by atoms with Gasteiger partial charge in [-0.05, 0) is 35.8 Å². The van der Waals surface area contributed by atoms with Crippen molar-refractivity contribution >= 4 is 35.9 Å². The lowest BCUT2D eigenvalue weighted by molar-refractivity contribution is -0.208. The third-order valence-electron chi connectivity index (χ3n) is 8.18. The minimum Gasteiger partial charge on any atom is -0.511 e. The summed E-state index contributed by atoms with van der Waals surface area (Å²) >= 11 is 0. The quantitative estimate of drug-likeness (QED) is 0.194. The molecule has 44 heavy (non-hydrogen) atoms. The summed E-state index contributed by atoms with van der Waals surface area (Å²) in [7, 11) is 4.15. The number of hydrogen-bond donors (Lipinski definition) is 2. The lowest BCUT2D eigenvalue weighted by Crippen LogP contribution is -2.68. The molecule has 0 aromatic heterocycles. The maximum Gasteiger partial charge on any atom is 0.337 e. The van der Waals surface area contributed by atoms with E-state index < -0.39 is 76.4 Å². The molecular weight excluding hydrogens is 576 g/mol. The molecule has 12 heteroatoms. The number of methoxy groups -OCH3 is 4. The van der Waals surface area contributed by atoms with Gasteiger partial charge >= 0.3 is 29.8 Å². The molecule has 0 radical (unpaired) electrons. The Bertz CT molecular complexity index is 1490. The van der Waals surface area contributed by atoms with E-state index in [1.165, 1.54) is 30.3 Å². The lowest BCUT2D eigenvalue weighted by Gasteiger charge is -2.55. The van der Waals surface area contributed by atoms with Gasteiger partial charge in [-0.2, -0.15) is 0 Å². The van der Waals surface area contributed by atoms with Crippen LogP contribution in [0.5, 0.6) is 5.75 Å². The zero-order valence-corrected chi connectivity index (χ0v) is 24.4. The Labute approximate surface area is 252 Å². The van der Waals surface area contributed by atoms with Crippen molar-refractivity contribution in [2.75, 3.05) is 28.4 Å². The van der Waals surface area contributed by atoms with Gasteiger partial charge in [0.1, 0.15) is 23.0 Å². The number of aliphatic hydroxyl groups excluding tert-OH is 1. The van der Waals surface area contributed by atoms with Gasteiger partial charge in [-0.25, -0.2) is 9.59 Å². The molecule has 12 nitrogen and oxygen atoms in total. The molecular formula is C32H32O12. The van der Waals surface area contributed by atoms with Crippen molar-refractivity contribution in [3.63, 3.8) is 0 Å². The Morgan fingerprint density at radius 3 is 1.89 bits per heavy atom. The molecule has 1 unspecified atom stereocenters. The summed E-state index contributed by atoms with van der Waals surface area (Å²) in [4.78, 5) is 65.0. The molecule has 2 aliphatic rings. The molecule has 2 aliphatic carbocycles. The topological polar surface area (TPSA) is 172 Å². The molecule has 2 aromatic rings. The zero-order valence-electron chi connectivity index (χ0n) is 24.4. The smallest absolute Gasteiger partial charge is 0.337 e. The molecule has 1 saturated carbocycles. The highest BCUT2D eigenvalue weighted by molar-refractivity contribution is 5.96. The van der Waals surface area contributed by atoms with Gasteiger partial charge in [-0.3, -0.25) is 14.4 Å². The van der Waals surface area contributed by atoms with Crippen LogP contribution < -0.4 is 4.74 Å². The summed E-state index contributed by atoms with van der Waals surface area (Å²) in [5.41, 5.74) is -1.86. The summed E-state index contributed by atoms with van der Waals surface area (Å²) in [5, 5.41) is 23.6. The van der Waals surface area contributed by atoms with Crippen LogP contribution in [0.3, 0.4) is 0 Å². The van der Waals surface area contributed by atoms with E-state index in [2.05, 4.69) is 0 Å². The van der Waals surface area contributed by atoms with Crippen molar-refractivity contribution < 1.29 is 57.9 Å². The number of ether oxygens (including phenoxy) is 5. The molecule has 2 bridgehead atoms. The van der Waals surface area contributed by atoms with Gasteiger partial charge < -0.3 is 33.9 Å². The standard InChI is InChI=1S/C32H32O12/c1-40-28(35)23-21-16-20(18-11-13-19(14-12-18)44-22(33)15-10-17-8-6-5-7-9-17)24(29(36)41-2)32(39,25(21)30(37)42-3)26(27(23)34)31(38)43-4/h5-15,20-21,24-26,34,39H,16H2,1-4H3/b15-10+/t20-,21+,24-,25-,26?,32-/m1/s1. The summed E-state index contributed by atoms with van der Waals surface area (Å²) in [6, 6.07) is 15.2. The second kappa shape index (κ2) is 13.1. The van der Waals surface area contributed by atoms with Crippen LogP contribution in [-0.2, 0) is 42.9 Å². The van der Waals surface area contributed by atoms with Crippen molar-refractivity contribution in [1.82, 2.24) is 0 Å². The van der Waals surface area contributed by atoms with Crippen LogP contribution in [0.15, 0.2) is 72.0 Å². The van der Waals surface area contributed by atoms with Crippen molar-refractivity contribution in [2.45, 2.75) is 17.9 Å². The van der Waals surface area contributed by atoms with Crippen LogP contribution in [0.1, 0.15) is 23.5 Å². The van der Waals surface area contributed by atoms with Gasteiger partial charge in [0, 0.05) is 17.9 Å². The molecule has 0 heterocycles. The minimum absolute atomic E-state index is 0.150. The van der Waals surface area contributed by atoms with Crippen molar-refractivity contribution in [1.29, 1.82) is 0 Å². The minimum atomic E-state index is -2.66.